The monoisotopic (exact) mass is 485 g/mol. The number of carbonyl (C=O) groups excluding carboxylic acids is 2. The van der Waals surface area contributed by atoms with Crippen molar-refractivity contribution in [2.24, 2.45) is 0 Å². The van der Waals surface area contributed by atoms with Crippen molar-refractivity contribution in [3.05, 3.63) is 34.1 Å². The average molecular weight is 486 g/mol. The van der Waals surface area contributed by atoms with Crippen molar-refractivity contribution < 1.29 is 18.7 Å². The maximum atomic E-state index is 13.4. The second-order valence-corrected chi connectivity index (χ2v) is 8.38. The number of hydrogen-bond donors (Lipinski definition) is 1. The number of benzene rings is 1. The number of carbonyl (C=O) groups is 2. The van der Waals surface area contributed by atoms with Gasteiger partial charge in [0.1, 0.15) is 5.82 Å². The summed E-state index contributed by atoms with van der Waals surface area (Å²) in [7, 11) is 0. The Labute approximate surface area is 187 Å². The van der Waals surface area contributed by atoms with Gasteiger partial charge in [-0.05, 0) is 40.5 Å². The number of rotatable bonds is 12. The molecule has 2 amide bonds. The Morgan fingerprint density at radius 1 is 1.20 bits per heavy atom. The van der Waals surface area contributed by atoms with Crippen LogP contribution < -0.4 is 5.32 Å². The van der Waals surface area contributed by atoms with Gasteiger partial charge in [-0.2, -0.15) is 0 Å². The molecule has 1 heterocycles. The smallest absolute Gasteiger partial charge is 0.252 e. The highest BCUT2D eigenvalue weighted by Crippen LogP contribution is 2.17. The first kappa shape index (κ1) is 24.8. The van der Waals surface area contributed by atoms with Crippen LogP contribution in [0, 0.1) is 5.82 Å². The van der Waals surface area contributed by atoms with Crippen LogP contribution in [0.4, 0.5) is 4.39 Å². The van der Waals surface area contributed by atoms with Crippen LogP contribution in [-0.2, 0) is 9.53 Å². The van der Waals surface area contributed by atoms with E-state index in [1.165, 1.54) is 24.6 Å². The van der Waals surface area contributed by atoms with Crippen molar-refractivity contribution >= 4 is 27.7 Å². The van der Waals surface area contributed by atoms with Crippen LogP contribution in [0.3, 0.4) is 0 Å². The predicted molar refractivity (Wildman–Crippen MR) is 119 cm³/mol. The quantitative estimate of drug-likeness (QED) is 0.460. The molecule has 0 aliphatic carbocycles. The summed E-state index contributed by atoms with van der Waals surface area (Å²) in [4.78, 5) is 29.3. The van der Waals surface area contributed by atoms with Gasteiger partial charge in [-0.1, -0.05) is 26.2 Å². The van der Waals surface area contributed by atoms with Gasteiger partial charge in [0, 0.05) is 50.2 Å². The van der Waals surface area contributed by atoms with Gasteiger partial charge in [0.15, 0.2) is 0 Å². The maximum absolute atomic E-state index is 13.4. The lowest BCUT2D eigenvalue weighted by Gasteiger charge is -2.30. The highest BCUT2D eigenvalue weighted by Gasteiger charge is 2.17. The van der Waals surface area contributed by atoms with E-state index in [-0.39, 0.29) is 24.4 Å². The lowest BCUT2D eigenvalue weighted by Crippen LogP contribution is -2.44. The van der Waals surface area contributed by atoms with Crippen molar-refractivity contribution in [2.45, 2.75) is 39.0 Å². The standard InChI is InChI=1S/C22H33BrFN3O3/c1-2-3-4-5-10-27(12-11-26-13-15-30-16-14-26)21(28)8-9-25-22(29)19-17-18(24)6-7-20(19)23/h6-7,17H,2-5,8-16H2,1H3,(H,25,29). The summed E-state index contributed by atoms with van der Waals surface area (Å²) in [5, 5.41) is 2.72. The van der Waals surface area contributed by atoms with Crippen molar-refractivity contribution in [3.63, 3.8) is 0 Å². The summed E-state index contributed by atoms with van der Waals surface area (Å²) >= 11 is 3.26. The molecule has 30 heavy (non-hydrogen) atoms. The fraction of sp³-hybridized carbons (Fsp3) is 0.636. The zero-order chi connectivity index (χ0) is 21.8. The minimum Gasteiger partial charge on any atom is -0.379 e. The van der Waals surface area contributed by atoms with Crippen LogP contribution >= 0.6 is 15.9 Å². The number of hydrogen-bond acceptors (Lipinski definition) is 4. The van der Waals surface area contributed by atoms with Crippen LogP contribution in [0.1, 0.15) is 49.4 Å². The van der Waals surface area contributed by atoms with E-state index in [1.807, 2.05) is 4.90 Å². The fourth-order valence-corrected chi connectivity index (χ4v) is 3.81. The normalized spacial score (nSPS) is 14.5. The first-order valence-corrected chi connectivity index (χ1v) is 11.6. The lowest BCUT2D eigenvalue weighted by molar-refractivity contribution is -0.131. The summed E-state index contributed by atoms with van der Waals surface area (Å²) < 4.78 is 19.3. The maximum Gasteiger partial charge on any atom is 0.252 e. The molecular weight excluding hydrogens is 453 g/mol. The molecule has 0 radical (unpaired) electrons. The summed E-state index contributed by atoms with van der Waals surface area (Å²) in [5.41, 5.74) is 0.228. The molecule has 0 saturated carbocycles. The SMILES string of the molecule is CCCCCCN(CCN1CCOCC1)C(=O)CCNC(=O)c1cc(F)ccc1Br. The number of ether oxygens (including phenoxy) is 1. The van der Waals surface area contributed by atoms with E-state index in [2.05, 4.69) is 33.1 Å². The van der Waals surface area contributed by atoms with Crippen LogP contribution in [0.25, 0.3) is 0 Å². The molecule has 1 N–H and O–H groups in total. The number of unbranched alkanes of at least 4 members (excludes halogenated alkanes) is 3. The van der Waals surface area contributed by atoms with Crippen LogP contribution in [-0.4, -0.2) is 74.1 Å². The second-order valence-electron chi connectivity index (χ2n) is 7.53. The Morgan fingerprint density at radius 2 is 1.97 bits per heavy atom. The van der Waals surface area contributed by atoms with Crippen molar-refractivity contribution in [3.8, 4) is 0 Å². The number of nitrogens with zero attached hydrogens (tertiary/aromatic N) is 2. The third-order valence-electron chi connectivity index (χ3n) is 5.22. The van der Waals surface area contributed by atoms with Gasteiger partial charge in [-0.25, -0.2) is 4.39 Å². The van der Waals surface area contributed by atoms with E-state index in [0.29, 0.717) is 11.0 Å². The minimum atomic E-state index is -0.471. The molecule has 1 aromatic rings. The Hall–Kier alpha value is -1.51. The zero-order valence-electron chi connectivity index (χ0n) is 17.8. The molecule has 1 aliphatic heterocycles. The third-order valence-corrected chi connectivity index (χ3v) is 5.91. The molecule has 0 unspecified atom stereocenters. The second kappa shape index (κ2) is 13.7. The summed E-state index contributed by atoms with van der Waals surface area (Å²) in [5.74, 6) is -0.823. The van der Waals surface area contributed by atoms with Gasteiger partial charge in [0.05, 0.1) is 18.8 Å². The fourth-order valence-electron chi connectivity index (χ4n) is 3.39. The Morgan fingerprint density at radius 3 is 2.70 bits per heavy atom. The molecule has 1 aliphatic rings. The van der Waals surface area contributed by atoms with E-state index in [0.717, 1.165) is 58.7 Å². The van der Waals surface area contributed by atoms with Crippen LogP contribution in [0.15, 0.2) is 22.7 Å². The van der Waals surface area contributed by atoms with E-state index >= 15 is 0 Å². The van der Waals surface area contributed by atoms with E-state index in [9.17, 15) is 14.0 Å². The van der Waals surface area contributed by atoms with Crippen molar-refractivity contribution in [1.29, 1.82) is 0 Å². The molecule has 0 atom stereocenters. The molecule has 0 spiro atoms. The lowest BCUT2D eigenvalue weighted by atomic mass is 10.2. The number of halogens is 2. The molecule has 1 saturated heterocycles. The Balaban J connectivity index is 1.82. The molecule has 1 fully saturated rings. The van der Waals surface area contributed by atoms with Crippen molar-refractivity contribution in [1.82, 2.24) is 15.1 Å². The highest BCUT2D eigenvalue weighted by atomic mass is 79.9. The molecule has 1 aromatic carbocycles. The topological polar surface area (TPSA) is 61.9 Å². The molecule has 2 rings (SSSR count). The predicted octanol–water partition coefficient (Wildman–Crippen LogP) is 3.45. The first-order chi connectivity index (χ1) is 14.5. The number of amides is 2. The highest BCUT2D eigenvalue weighted by molar-refractivity contribution is 9.10. The van der Waals surface area contributed by atoms with Gasteiger partial charge in [0.25, 0.3) is 5.91 Å². The molecule has 0 bridgehead atoms. The Kier molecular flexibility index (Phi) is 11.3. The minimum absolute atomic E-state index is 0.0402. The number of nitrogens with one attached hydrogen (secondary N) is 1. The van der Waals surface area contributed by atoms with Gasteiger partial charge in [0.2, 0.25) is 5.91 Å². The van der Waals surface area contributed by atoms with Gasteiger partial charge >= 0.3 is 0 Å². The van der Waals surface area contributed by atoms with Gasteiger partial charge in [-0.3, -0.25) is 14.5 Å². The zero-order valence-corrected chi connectivity index (χ0v) is 19.4. The van der Waals surface area contributed by atoms with Crippen molar-refractivity contribution in [2.75, 3.05) is 52.5 Å². The van der Waals surface area contributed by atoms with E-state index < -0.39 is 11.7 Å². The molecule has 168 valence electrons. The molecule has 8 heteroatoms. The first-order valence-electron chi connectivity index (χ1n) is 10.8. The van der Waals surface area contributed by atoms with Gasteiger partial charge < -0.3 is 15.0 Å². The summed E-state index contributed by atoms with van der Waals surface area (Å²) in [6.07, 6.45) is 4.66. The van der Waals surface area contributed by atoms with Crippen LogP contribution in [0.5, 0.6) is 0 Å². The average Bonchev–Trinajstić information content (AvgIpc) is 2.75. The van der Waals surface area contributed by atoms with E-state index in [4.69, 9.17) is 4.74 Å². The Bertz CT molecular complexity index is 684. The molecular formula is C22H33BrFN3O3. The largest absolute Gasteiger partial charge is 0.379 e. The summed E-state index contributed by atoms with van der Waals surface area (Å²) in [6.45, 7) is 7.95. The number of morpholine rings is 1. The van der Waals surface area contributed by atoms with E-state index in [1.54, 1.807) is 0 Å². The van der Waals surface area contributed by atoms with Crippen LogP contribution in [0.2, 0.25) is 0 Å². The summed E-state index contributed by atoms with van der Waals surface area (Å²) in [6, 6.07) is 3.97. The van der Waals surface area contributed by atoms with Gasteiger partial charge in [-0.15, -0.1) is 0 Å². The molecule has 0 aromatic heterocycles. The molecule has 6 nitrogen and oxygen atoms in total. The third kappa shape index (κ3) is 8.70.